The number of hydrogen-bond acceptors (Lipinski definition) is 7. The van der Waals surface area contributed by atoms with Crippen LogP contribution < -0.4 is 9.47 Å². The molecule has 0 saturated carbocycles. The minimum absolute atomic E-state index is 0.600. The smallest absolute Gasteiger partial charge is 0.191 e. The Labute approximate surface area is 190 Å². The number of ether oxygens (including phenoxy) is 2. The van der Waals surface area contributed by atoms with Gasteiger partial charge in [-0.3, -0.25) is 0 Å². The fraction of sp³-hybridized carbons (Fsp3) is 0.261. The average molecular weight is 453 g/mol. The highest BCUT2D eigenvalue weighted by Gasteiger charge is 2.15. The van der Waals surface area contributed by atoms with Gasteiger partial charge in [0, 0.05) is 28.8 Å². The van der Waals surface area contributed by atoms with Gasteiger partial charge in [-0.05, 0) is 32.0 Å². The number of rotatable bonds is 9. The summed E-state index contributed by atoms with van der Waals surface area (Å²) in [7, 11) is 1.65. The summed E-state index contributed by atoms with van der Waals surface area (Å²) in [6.07, 6.45) is 0. The molecular formula is C23H24N4O2S2. The number of methoxy groups -OCH3 is 1. The Balaban J connectivity index is 1.49. The standard InChI is InChI=1S/C23H24N4O2S2/c1-4-27-21(16-9-7-6-8-10-16)25-26-23(27)31-15-18-14-30-22(24-18)17-11-12-19(29-5-2)20(13-17)28-3/h6-14H,4-5,15H2,1-3H3. The van der Waals surface area contributed by atoms with Crippen LogP contribution in [0, 0.1) is 0 Å². The Hall–Kier alpha value is -2.84. The highest BCUT2D eigenvalue weighted by Crippen LogP contribution is 2.34. The molecule has 2 aromatic heterocycles. The molecule has 4 aromatic rings. The van der Waals surface area contributed by atoms with Crippen molar-refractivity contribution in [2.45, 2.75) is 31.3 Å². The molecule has 0 fully saturated rings. The summed E-state index contributed by atoms with van der Waals surface area (Å²) in [5.74, 6) is 3.09. The molecule has 0 aliphatic rings. The van der Waals surface area contributed by atoms with Gasteiger partial charge in [0.05, 0.1) is 19.4 Å². The van der Waals surface area contributed by atoms with E-state index < -0.39 is 0 Å². The van der Waals surface area contributed by atoms with Gasteiger partial charge in [-0.2, -0.15) is 0 Å². The van der Waals surface area contributed by atoms with Crippen LogP contribution in [-0.4, -0.2) is 33.5 Å². The van der Waals surface area contributed by atoms with Gasteiger partial charge < -0.3 is 14.0 Å². The maximum absolute atomic E-state index is 5.61. The lowest BCUT2D eigenvalue weighted by Crippen LogP contribution is -1.99. The molecule has 4 rings (SSSR count). The van der Waals surface area contributed by atoms with Crippen LogP contribution in [0.1, 0.15) is 19.5 Å². The third-order valence-electron chi connectivity index (χ3n) is 4.68. The Morgan fingerprint density at radius 2 is 1.84 bits per heavy atom. The molecule has 0 saturated heterocycles. The molecule has 0 radical (unpaired) electrons. The van der Waals surface area contributed by atoms with Crippen molar-refractivity contribution in [2.75, 3.05) is 13.7 Å². The first kappa shape index (κ1) is 21.4. The second-order valence-corrected chi connectivity index (χ2v) is 8.45. The second kappa shape index (κ2) is 9.98. The molecule has 6 nitrogen and oxygen atoms in total. The first-order valence-corrected chi connectivity index (χ1v) is 12.0. The van der Waals surface area contributed by atoms with Gasteiger partial charge in [-0.25, -0.2) is 4.98 Å². The lowest BCUT2D eigenvalue weighted by atomic mass is 10.2. The van der Waals surface area contributed by atoms with Crippen molar-refractivity contribution in [1.82, 2.24) is 19.7 Å². The van der Waals surface area contributed by atoms with E-state index in [1.165, 1.54) is 0 Å². The molecule has 0 unspecified atom stereocenters. The molecule has 8 heteroatoms. The van der Waals surface area contributed by atoms with Crippen molar-refractivity contribution in [3.05, 3.63) is 59.6 Å². The van der Waals surface area contributed by atoms with Crippen LogP contribution in [0.2, 0.25) is 0 Å². The van der Waals surface area contributed by atoms with Crippen molar-refractivity contribution in [2.24, 2.45) is 0 Å². The van der Waals surface area contributed by atoms with E-state index in [1.807, 2.05) is 43.3 Å². The van der Waals surface area contributed by atoms with Gasteiger partial charge >= 0.3 is 0 Å². The fourth-order valence-electron chi connectivity index (χ4n) is 3.20. The Bertz CT molecular complexity index is 1140. The number of nitrogens with zero attached hydrogens (tertiary/aromatic N) is 4. The molecule has 0 aliphatic carbocycles. The second-order valence-electron chi connectivity index (χ2n) is 6.65. The third kappa shape index (κ3) is 4.75. The molecule has 0 amide bonds. The van der Waals surface area contributed by atoms with Crippen molar-refractivity contribution >= 4 is 23.1 Å². The van der Waals surface area contributed by atoms with Gasteiger partial charge in [0.1, 0.15) is 5.01 Å². The van der Waals surface area contributed by atoms with E-state index in [9.17, 15) is 0 Å². The summed E-state index contributed by atoms with van der Waals surface area (Å²) in [4.78, 5) is 4.81. The summed E-state index contributed by atoms with van der Waals surface area (Å²) in [6.45, 7) is 5.48. The maximum Gasteiger partial charge on any atom is 0.191 e. The third-order valence-corrected chi connectivity index (χ3v) is 6.62. The molecule has 31 heavy (non-hydrogen) atoms. The lowest BCUT2D eigenvalue weighted by molar-refractivity contribution is 0.311. The Morgan fingerprint density at radius 3 is 2.58 bits per heavy atom. The predicted molar refractivity (Wildman–Crippen MR) is 126 cm³/mol. The normalized spacial score (nSPS) is 10.9. The summed E-state index contributed by atoms with van der Waals surface area (Å²) in [5.41, 5.74) is 3.11. The lowest BCUT2D eigenvalue weighted by Gasteiger charge is -2.09. The van der Waals surface area contributed by atoms with Crippen LogP contribution in [0.25, 0.3) is 22.0 Å². The zero-order chi connectivity index (χ0) is 21.6. The van der Waals surface area contributed by atoms with Crippen LogP contribution in [0.3, 0.4) is 0 Å². The van der Waals surface area contributed by atoms with Gasteiger partial charge in [0.25, 0.3) is 0 Å². The topological polar surface area (TPSA) is 62.1 Å². The van der Waals surface area contributed by atoms with E-state index >= 15 is 0 Å². The molecule has 0 spiro atoms. The largest absolute Gasteiger partial charge is 0.493 e. The molecule has 160 valence electrons. The van der Waals surface area contributed by atoms with E-state index in [1.54, 1.807) is 30.2 Å². The quantitative estimate of drug-likeness (QED) is 0.300. The monoisotopic (exact) mass is 452 g/mol. The molecule has 2 heterocycles. The predicted octanol–water partition coefficient (Wildman–Crippen LogP) is 5.79. The highest BCUT2D eigenvalue weighted by atomic mass is 32.2. The van der Waals surface area contributed by atoms with E-state index in [-0.39, 0.29) is 0 Å². The first-order valence-electron chi connectivity index (χ1n) is 10.1. The highest BCUT2D eigenvalue weighted by molar-refractivity contribution is 7.98. The van der Waals surface area contributed by atoms with Crippen molar-refractivity contribution in [3.8, 4) is 33.5 Å². The van der Waals surface area contributed by atoms with Crippen LogP contribution >= 0.6 is 23.1 Å². The summed E-state index contributed by atoms with van der Waals surface area (Å²) >= 11 is 3.28. The minimum atomic E-state index is 0.600. The average Bonchev–Trinajstić information content (AvgIpc) is 3.45. The number of aromatic nitrogens is 4. The maximum atomic E-state index is 5.61. The molecule has 0 N–H and O–H groups in total. The Morgan fingerprint density at radius 1 is 1.00 bits per heavy atom. The zero-order valence-corrected chi connectivity index (χ0v) is 19.4. The summed E-state index contributed by atoms with van der Waals surface area (Å²) in [6, 6.07) is 16.1. The Kier molecular flexibility index (Phi) is 6.89. The minimum Gasteiger partial charge on any atom is -0.493 e. The zero-order valence-electron chi connectivity index (χ0n) is 17.7. The van der Waals surface area contributed by atoms with Gasteiger partial charge in [0.2, 0.25) is 0 Å². The van der Waals surface area contributed by atoms with Gasteiger partial charge in [-0.1, -0.05) is 42.1 Å². The van der Waals surface area contributed by atoms with Crippen molar-refractivity contribution in [3.63, 3.8) is 0 Å². The number of thioether (sulfide) groups is 1. The van der Waals surface area contributed by atoms with E-state index in [0.29, 0.717) is 6.61 Å². The fourth-order valence-corrected chi connectivity index (χ4v) is 5.02. The summed E-state index contributed by atoms with van der Waals surface area (Å²) < 4.78 is 13.2. The van der Waals surface area contributed by atoms with E-state index in [0.717, 1.165) is 56.6 Å². The van der Waals surface area contributed by atoms with Crippen LogP contribution in [0.5, 0.6) is 11.5 Å². The SMILES string of the molecule is CCOc1ccc(-c2nc(CSc3nnc(-c4ccccc4)n3CC)cs2)cc1OC. The number of thiazole rings is 1. The van der Waals surface area contributed by atoms with Crippen LogP contribution in [0.15, 0.2) is 59.1 Å². The van der Waals surface area contributed by atoms with Gasteiger partial charge in [0.15, 0.2) is 22.5 Å². The van der Waals surface area contributed by atoms with Crippen molar-refractivity contribution in [1.29, 1.82) is 0 Å². The van der Waals surface area contributed by atoms with E-state index in [4.69, 9.17) is 14.5 Å². The van der Waals surface area contributed by atoms with Gasteiger partial charge in [-0.15, -0.1) is 21.5 Å². The molecule has 0 atom stereocenters. The molecule has 0 bridgehead atoms. The molecule has 0 aliphatic heterocycles. The first-order chi connectivity index (χ1) is 15.2. The van der Waals surface area contributed by atoms with E-state index in [2.05, 4.69) is 39.2 Å². The summed E-state index contributed by atoms with van der Waals surface area (Å²) in [5, 5.41) is 12.8. The molecular weight excluding hydrogens is 428 g/mol. The van der Waals surface area contributed by atoms with Crippen molar-refractivity contribution < 1.29 is 9.47 Å². The number of benzene rings is 2. The number of hydrogen-bond donors (Lipinski definition) is 0. The van der Waals surface area contributed by atoms with Crippen LogP contribution in [-0.2, 0) is 12.3 Å². The molecule has 2 aromatic carbocycles. The van der Waals surface area contributed by atoms with Crippen LogP contribution in [0.4, 0.5) is 0 Å².